The Labute approximate surface area is 139 Å². The maximum absolute atomic E-state index is 12.2. The third kappa shape index (κ3) is 2.59. The zero-order valence-corrected chi connectivity index (χ0v) is 13.5. The van der Waals surface area contributed by atoms with Crippen LogP contribution in [0.5, 0.6) is 11.5 Å². The highest BCUT2D eigenvalue weighted by atomic mass is 79.9. The smallest absolute Gasteiger partial charge is 0.257 e. The number of H-pyrrole nitrogens is 1. The first-order chi connectivity index (χ1) is 11.2. The van der Waals surface area contributed by atoms with Crippen molar-refractivity contribution in [2.75, 3.05) is 0 Å². The van der Waals surface area contributed by atoms with Crippen LogP contribution in [0.1, 0.15) is 0 Å². The molecular weight excluding hydrogens is 356 g/mol. The SMILES string of the molecule is O=c1[nH]c2ncccc2c2cc(Oc3ccc(Br)cc3)ccc12. The lowest BCUT2D eigenvalue weighted by Crippen LogP contribution is -2.07. The summed E-state index contributed by atoms with van der Waals surface area (Å²) in [4.78, 5) is 19.2. The molecule has 0 fully saturated rings. The topological polar surface area (TPSA) is 55.0 Å². The molecule has 0 saturated carbocycles. The zero-order valence-electron chi connectivity index (χ0n) is 11.9. The molecule has 4 rings (SSSR count). The molecule has 2 heterocycles. The highest BCUT2D eigenvalue weighted by Crippen LogP contribution is 2.28. The third-order valence-electron chi connectivity index (χ3n) is 3.61. The number of aromatic amines is 1. The van der Waals surface area contributed by atoms with Gasteiger partial charge < -0.3 is 9.72 Å². The van der Waals surface area contributed by atoms with Gasteiger partial charge in [0, 0.05) is 26.8 Å². The van der Waals surface area contributed by atoms with E-state index < -0.39 is 0 Å². The van der Waals surface area contributed by atoms with Gasteiger partial charge in [0.15, 0.2) is 0 Å². The van der Waals surface area contributed by atoms with Gasteiger partial charge >= 0.3 is 0 Å². The van der Waals surface area contributed by atoms with Crippen LogP contribution in [-0.4, -0.2) is 9.97 Å². The van der Waals surface area contributed by atoms with E-state index >= 15 is 0 Å². The van der Waals surface area contributed by atoms with E-state index in [0.29, 0.717) is 16.8 Å². The van der Waals surface area contributed by atoms with Crippen LogP contribution in [0, 0.1) is 0 Å². The van der Waals surface area contributed by atoms with Crippen molar-refractivity contribution in [2.45, 2.75) is 0 Å². The minimum absolute atomic E-state index is 0.151. The normalized spacial score (nSPS) is 11.0. The Balaban J connectivity index is 1.88. The number of ether oxygens (including phenoxy) is 1. The first-order valence-electron chi connectivity index (χ1n) is 7.05. The van der Waals surface area contributed by atoms with Crippen molar-refractivity contribution in [2.24, 2.45) is 0 Å². The van der Waals surface area contributed by atoms with Crippen LogP contribution in [0.15, 0.2) is 70.1 Å². The second kappa shape index (κ2) is 5.52. The number of benzene rings is 2. The largest absolute Gasteiger partial charge is 0.457 e. The molecule has 0 atom stereocenters. The van der Waals surface area contributed by atoms with E-state index in [1.807, 2.05) is 42.5 Å². The molecule has 0 saturated heterocycles. The quantitative estimate of drug-likeness (QED) is 0.526. The van der Waals surface area contributed by atoms with Crippen LogP contribution < -0.4 is 10.3 Å². The van der Waals surface area contributed by atoms with E-state index in [1.54, 1.807) is 18.3 Å². The van der Waals surface area contributed by atoms with E-state index in [4.69, 9.17) is 4.74 Å². The predicted octanol–water partition coefficient (Wildman–Crippen LogP) is 4.63. The van der Waals surface area contributed by atoms with Crippen molar-refractivity contribution >= 4 is 37.7 Å². The second-order valence-electron chi connectivity index (χ2n) is 5.12. The molecule has 0 amide bonds. The highest BCUT2D eigenvalue weighted by Gasteiger charge is 2.07. The second-order valence-corrected chi connectivity index (χ2v) is 6.03. The lowest BCUT2D eigenvalue weighted by atomic mass is 10.1. The molecule has 5 heteroatoms. The number of pyridine rings is 2. The van der Waals surface area contributed by atoms with Crippen molar-refractivity contribution in [1.82, 2.24) is 9.97 Å². The number of nitrogens with one attached hydrogen (secondary N) is 1. The Morgan fingerprint density at radius 2 is 1.70 bits per heavy atom. The summed E-state index contributed by atoms with van der Waals surface area (Å²) in [6.07, 6.45) is 1.66. The van der Waals surface area contributed by atoms with Crippen LogP contribution in [0.2, 0.25) is 0 Å². The Morgan fingerprint density at radius 1 is 0.913 bits per heavy atom. The average molecular weight is 367 g/mol. The lowest BCUT2D eigenvalue weighted by molar-refractivity contribution is 0.483. The molecule has 2 aromatic carbocycles. The Bertz CT molecular complexity index is 1070. The fraction of sp³-hybridized carbons (Fsp3) is 0. The van der Waals surface area contributed by atoms with Crippen LogP contribution >= 0.6 is 15.9 Å². The summed E-state index contributed by atoms with van der Waals surface area (Å²) in [5.74, 6) is 1.41. The van der Waals surface area contributed by atoms with Gasteiger partial charge in [-0.3, -0.25) is 4.79 Å². The molecular formula is C18H11BrN2O2. The van der Waals surface area contributed by atoms with Crippen LogP contribution in [0.25, 0.3) is 21.8 Å². The first-order valence-corrected chi connectivity index (χ1v) is 7.84. The maximum atomic E-state index is 12.2. The first kappa shape index (κ1) is 14.0. The van der Waals surface area contributed by atoms with Gasteiger partial charge in [-0.2, -0.15) is 0 Å². The van der Waals surface area contributed by atoms with Gasteiger partial charge in [-0.05, 0) is 54.6 Å². The van der Waals surface area contributed by atoms with E-state index in [1.165, 1.54) is 0 Å². The Kier molecular flexibility index (Phi) is 3.35. The molecule has 0 spiro atoms. The minimum atomic E-state index is -0.151. The molecule has 0 bridgehead atoms. The van der Waals surface area contributed by atoms with Crippen molar-refractivity contribution in [3.05, 3.63) is 75.6 Å². The number of hydrogen-bond acceptors (Lipinski definition) is 3. The predicted molar refractivity (Wildman–Crippen MR) is 94.1 cm³/mol. The fourth-order valence-electron chi connectivity index (χ4n) is 2.54. The summed E-state index contributed by atoms with van der Waals surface area (Å²) >= 11 is 3.40. The summed E-state index contributed by atoms with van der Waals surface area (Å²) in [5, 5.41) is 2.34. The van der Waals surface area contributed by atoms with Gasteiger partial charge in [-0.1, -0.05) is 15.9 Å². The van der Waals surface area contributed by atoms with Crippen LogP contribution in [0.4, 0.5) is 0 Å². The van der Waals surface area contributed by atoms with Gasteiger partial charge in [-0.25, -0.2) is 4.98 Å². The standard InChI is InChI=1S/C18H11BrN2O2/c19-11-3-5-12(6-4-11)23-13-7-8-15-16(10-13)14-2-1-9-20-17(14)21-18(15)22/h1-10H,(H,20,21,22). The summed E-state index contributed by atoms with van der Waals surface area (Å²) < 4.78 is 6.87. The third-order valence-corrected chi connectivity index (χ3v) is 4.14. The number of rotatable bonds is 2. The Hall–Kier alpha value is -2.66. The lowest BCUT2D eigenvalue weighted by Gasteiger charge is -2.08. The minimum Gasteiger partial charge on any atom is -0.457 e. The summed E-state index contributed by atoms with van der Waals surface area (Å²) in [6, 6.07) is 16.8. The molecule has 1 N–H and O–H groups in total. The van der Waals surface area contributed by atoms with Gasteiger partial charge in [0.05, 0.1) is 0 Å². The van der Waals surface area contributed by atoms with Gasteiger partial charge in [0.2, 0.25) is 0 Å². The van der Waals surface area contributed by atoms with Crippen molar-refractivity contribution in [3.8, 4) is 11.5 Å². The van der Waals surface area contributed by atoms with E-state index in [2.05, 4.69) is 25.9 Å². The van der Waals surface area contributed by atoms with E-state index in [-0.39, 0.29) is 5.56 Å². The van der Waals surface area contributed by atoms with Crippen molar-refractivity contribution in [1.29, 1.82) is 0 Å². The summed E-state index contributed by atoms with van der Waals surface area (Å²) in [6.45, 7) is 0. The Morgan fingerprint density at radius 3 is 2.52 bits per heavy atom. The number of hydrogen-bond donors (Lipinski definition) is 1. The molecule has 0 radical (unpaired) electrons. The average Bonchev–Trinajstić information content (AvgIpc) is 2.57. The van der Waals surface area contributed by atoms with Gasteiger partial charge in [0.1, 0.15) is 17.1 Å². The molecule has 0 unspecified atom stereocenters. The molecule has 0 aliphatic carbocycles. The van der Waals surface area contributed by atoms with Crippen molar-refractivity contribution < 1.29 is 4.74 Å². The highest BCUT2D eigenvalue weighted by molar-refractivity contribution is 9.10. The van der Waals surface area contributed by atoms with Crippen molar-refractivity contribution in [3.63, 3.8) is 0 Å². The van der Waals surface area contributed by atoms with Crippen LogP contribution in [0.3, 0.4) is 0 Å². The zero-order chi connectivity index (χ0) is 15.8. The molecule has 23 heavy (non-hydrogen) atoms. The molecule has 4 aromatic rings. The summed E-state index contributed by atoms with van der Waals surface area (Å²) in [5.41, 5.74) is 0.423. The number of fused-ring (bicyclic) bond motifs is 3. The fourth-order valence-corrected chi connectivity index (χ4v) is 2.81. The molecule has 112 valence electrons. The molecule has 2 aromatic heterocycles. The molecule has 4 nitrogen and oxygen atoms in total. The number of nitrogens with zero attached hydrogens (tertiary/aromatic N) is 1. The number of aromatic nitrogens is 2. The van der Waals surface area contributed by atoms with Crippen LogP contribution in [-0.2, 0) is 0 Å². The van der Waals surface area contributed by atoms with E-state index in [0.717, 1.165) is 21.0 Å². The monoisotopic (exact) mass is 366 g/mol. The molecule has 0 aliphatic rings. The number of halogens is 1. The summed E-state index contributed by atoms with van der Waals surface area (Å²) in [7, 11) is 0. The maximum Gasteiger partial charge on any atom is 0.257 e. The van der Waals surface area contributed by atoms with Gasteiger partial charge in [0.25, 0.3) is 5.56 Å². The van der Waals surface area contributed by atoms with E-state index in [9.17, 15) is 4.79 Å². The molecule has 0 aliphatic heterocycles. The van der Waals surface area contributed by atoms with Gasteiger partial charge in [-0.15, -0.1) is 0 Å².